The molecule has 0 heterocycles. The largest absolute Gasteiger partial charge is 0.378 e. The van der Waals surface area contributed by atoms with Gasteiger partial charge in [-0.15, -0.1) is 11.6 Å². The second kappa shape index (κ2) is 6.75. The van der Waals surface area contributed by atoms with Crippen LogP contribution < -0.4 is 0 Å². The van der Waals surface area contributed by atoms with E-state index in [9.17, 15) is 0 Å². The summed E-state index contributed by atoms with van der Waals surface area (Å²) < 4.78 is 5.88. The molecule has 1 fully saturated rings. The van der Waals surface area contributed by atoms with E-state index >= 15 is 0 Å². The van der Waals surface area contributed by atoms with Crippen molar-refractivity contribution in [3.63, 3.8) is 0 Å². The SMILES string of the molecule is CC1(C)CCC(OCCCCCCl)CC1. The van der Waals surface area contributed by atoms with Crippen LogP contribution in [-0.4, -0.2) is 18.6 Å². The zero-order valence-corrected chi connectivity index (χ0v) is 11.0. The number of alkyl halides is 1. The maximum atomic E-state index is 5.88. The first-order valence-electron chi connectivity index (χ1n) is 6.32. The van der Waals surface area contributed by atoms with E-state index in [1.165, 1.54) is 38.5 Å². The quantitative estimate of drug-likeness (QED) is 0.488. The van der Waals surface area contributed by atoms with Gasteiger partial charge in [-0.25, -0.2) is 0 Å². The molecule has 0 saturated heterocycles. The van der Waals surface area contributed by atoms with Gasteiger partial charge in [0.05, 0.1) is 6.10 Å². The van der Waals surface area contributed by atoms with Crippen LogP contribution in [0.4, 0.5) is 0 Å². The fraction of sp³-hybridized carbons (Fsp3) is 1.00. The third-order valence-corrected chi connectivity index (χ3v) is 3.68. The summed E-state index contributed by atoms with van der Waals surface area (Å²) in [4.78, 5) is 0. The van der Waals surface area contributed by atoms with Crippen molar-refractivity contribution in [3.05, 3.63) is 0 Å². The van der Waals surface area contributed by atoms with E-state index in [0.717, 1.165) is 18.9 Å². The molecule has 0 aliphatic heterocycles. The minimum Gasteiger partial charge on any atom is -0.378 e. The van der Waals surface area contributed by atoms with Crippen LogP contribution in [0.3, 0.4) is 0 Å². The van der Waals surface area contributed by atoms with Crippen LogP contribution in [0, 0.1) is 5.41 Å². The molecule has 1 aliphatic rings. The second-order valence-corrected chi connectivity index (χ2v) is 5.86. The summed E-state index contributed by atoms with van der Waals surface area (Å²) in [7, 11) is 0. The van der Waals surface area contributed by atoms with Gasteiger partial charge in [0.15, 0.2) is 0 Å². The smallest absolute Gasteiger partial charge is 0.0575 e. The summed E-state index contributed by atoms with van der Waals surface area (Å²) in [6.45, 7) is 5.66. The lowest BCUT2D eigenvalue weighted by atomic mass is 9.76. The third kappa shape index (κ3) is 5.77. The molecule has 15 heavy (non-hydrogen) atoms. The van der Waals surface area contributed by atoms with Crippen LogP contribution in [0.5, 0.6) is 0 Å². The molecular weight excluding hydrogens is 208 g/mol. The van der Waals surface area contributed by atoms with Gasteiger partial charge in [0, 0.05) is 12.5 Å². The van der Waals surface area contributed by atoms with E-state index in [1.807, 2.05) is 0 Å². The summed E-state index contributed by atoms with van der Waals surface area (Å²) in [5, 5.41) is 0. The molecular formula is C13H25ClO. The van der Waals surface area contributed by atoms with E-state index in [0.29, 0.717) is 11.5 Å². The van der Waals surface area contributed by atoms with Gasteiger partial charge in [-0.3, -0.25) is 0 Å². The lowest BCUT2D eigenvalue weighted by Gasteiger charge is -2.34. The van der Waals surface area contributed by atoms with Gasteiger partial charge in [0.2, 0.25) is 0 Å². The van der Waals surface area contributed by atoms with Gasteiger partial charge >= 0.3 is 0 Å². The van der Waals surface area contributed by atoms with Gasteiger partial charge < -0.3 is 4.74 Å². The van der Waals surface area contributed by atoms with Crippen LogP contribution in [0.15, 0.2) is 0 Å². The summed E-state index contributed by atoms with van der Waals surface area (Å²) in [6.07, 6.45) is 9.19. The summed E-state index contributed by atoms with van der Waals surface area (Å²) in [5.74, 6) is 0.789. The Hall–Kier alpha value is 0.250. The van der Waals surface area contributed by atoms with Crippen LogP contribution >= 0.6 is 11.6 Å². The van der Waals surface area contributed by atoms with E-state index in [4.69, 9.17) is 16.3 Å². The molecule has 1 nitrogen and oxygen atoms in total. The predicted octanol–water partition coefficient (Wildman–Crippen LogP) is 4.38. The first-order chi connectivity index (χ1) is 7.14. The second-order valence-electron chi connectivity index (χ2n) is 5.48. The van der Waals surface area contributed by atoms with Crippen molar-refractivity contribution in [1.82, 2.24) is 0 Å². The average Bonchev–Trinajstić information content (AvgIpc) is 2.20. The van der Waals surface area contributed by atoms with Crippen LogP contribution in [-0.2, 0) is 4.74 Å². The molecule has 0 aromatic carbocycles. The van der Waals surface area contributed by atoms with E-state index in [1.54, 1.807) is 0 Å². The van der Waals surface area contributed by atoms with Crippen LogP contribution in [0.1, 0.15) is 58.8 Å². The van der Waals surface area contributed by atoms with E-state index in [2.05, 4.69) is 13.8 Å². The van der Waals surface area contributed by atoms with Crippen LogP contribution in [0.2, 0.25) is 0 Å². The molecule has 1 saturated carbocycles. The molecule has 0 spiro atoms. The molecule has 0 bridgehead atoms. The Morgan fingerprint density at radius 1 is 1.13 bits per heavy atom. The Balaban J connectivity index is 1.99. The molecule has 0 radical (unpaired) electrons. The molecule has 0 aromatic heterocycles. The molecule has 0 aromatic rings. The fourth-order valence-corrected chi connectivity index (χ4v) is 2.35. The molecule has 1 aliphatic carbocycles. The van der Waals surface area contributed by atoms with Gasteiger partial charge in [0.1, 0.15) is 0 Å². The first kappa shape index (κ1) is 13.3. The predicted molar refractivity (Wildman–Crippen MR) is 66.6 cm³/mol. The highest BCUT2D eigenvalue weighted by Gasteiger charge is 2.26. The van der Waals surface area contributed by atoms with Crippen molar-refractivity contribution in [3.8, 4) is 0 Å². The van der Waals surface area contributed by atoms with E-state index in [-0.39, 0.29) is 0 Å². The minimum atomic E-state index is 0.536. The topological polar surface area (TPSA) is 9.23 Å². The third-order valence-electron chi connectivity index (χ3n) is 3.42. The molecule has 90 valence electrons. The molecule has 1 rings (SSSR count). The van der Waals surface area contributed by atoms with Gasteiger partial charge in [-0.05, 0) is 50.4 Å². The lowest BCUT2D eigenvalue weighted by Crippen LogP contribution is -2.26. The number of rotatable bonds is 6. The number of hydrogen-bond donors (Lipinski definition) is 0. The van der Waals surface area contributed by atoms with Crippen molar-refractivity contribution in [2.45, 2.75) is 64.9 Å². The number of hydrogen-bond acceptors (Lipinski definition) is 1. The Bertz CT molecular complexity index is 158. The maximum absolute atomic E-state index is 5.88. The maximum Gasteiger partial charge on any atom is 0.0575 e. The highest BCUT2D eigenvalue weighted by Crippen LogP contribution is 2.36. The van der Waals surface area contributed by atoms with Crippen molar-refractivity contribution in [2.24, 2.45) is 5.41 Å². The van der Waals surface area contributed by atoms with Crippen LogP contribution in [0.25, 0.3) is 0 Å². The fourth-order valence-electron chi connectivity index (χ4n) is 2.16. The molecule has 0 unspecified atom stereocenters. The molecule has 2 heteroatoms. The normalized spacial score (nSPS) is 21.8. The summed E-state index contributed by atoms with van der Waals surface area (Å²) in [5.41, 5.74) is 0.554. The van der Waals surface area contributed by atoms with Crippen molar-refractivity contribution in [2.75, 3.05) is 12.5 Å². The zero-order chi connectivity index (χ0) is 11.1. The average molecular weight is 233 g/mol. The summed E-state index contributed by atoms with van der Waals surface area (Å²) >= 11 is 5.62. The lowest BCUT2D eigenvalue weighted by molar-refractivity contribution is 0.00286. The zero-order valence-electron chi connectivity index (χ0n) is 10.2. The standard InChI is InChI=1S/C13H25ClO/c1-13(2)8-6-12(7-9-13)15-11-5-3-4-10-14/h12H,3-11H2,1-2H3. The minimum absolute atomic E-state index is 0.536. The number of unbranched alkanes of at least 4 members (excludes halogenated alkanes) is 2. The Morgan fingerprint density at radius 2 is 1.80 bits per heavy atom. The Labute approximate surface area is 99.5 Å². The molecule has 0 atom stereocenters. The monoisotopic (exact) mass is 232 g/mol. The van der Waals surface area contributed by atoms with Crippen molar-refractivity contribution in [1.29, 1.82) is 0 Å². The first-order valence-corrected chi connectivity index (χ1v) is 6.85. The Morgan fingerprint density at radius 3 is 2.40 bits per heavy atom. The van der Waals surface area contributed by atoms with E-state index < -0.39 is 0 Å². The highest BCUT2D eigenvalue weighted by atomic mass is 35.5. The number of halogens is 1. The van der Waals surface area contributed by atoms with Gasteiger partial charge in [-0.1, -0.05) is 13.8 Å². The van der Waals surface area contributed by atoms with Crippen molar-refractivity contribution >= 4 is 11.6 Å². The van der Waals surface area contributed by atoms with Gasteiger partial charge in [-0.2, -0.15) is 0 Å². The molecule has 0 amide bonds. The summed E-state index contributed by atoms with van der Waals surface area (Å²) in [6, 6.07) is 0. The number of ether oxygens (including phenoxy) is 1. The Kier molecular flexibility index (Phi) is 5.99. The molecule has 0 N–H and O–H groups in total. The van der Waals surface area contributed by atoms with Crippen molar-refractivity contribution < 1.29 is 4.74 Å². The van der Waals surface area contributed by atoms with Gasteiger partial charge in [0.25, 0.3) is 0 Å². The highest BCUT2D eigenvalue weighted by molar-refractivity contribution is 6.17.